The Morgan fingerprint density at radius 2 is 1.51 bits per heavy atom. The van der Waals surface area contributed by atoms with Gasteiger partial charge < -0.3 is 19.8 Å². The van der Waals surface area contributed by atoms with E-state index in [0.717, 1.165) is 22.2 Å². The Hall–Kier alpha value is -4.27. The predicted octanol–water partition coefficient (Wildman–Crippen LogP) is 5.12. The average Bonchev–Trinajstić information content (AvgIpc) is 3.45. The van der Waals surface area contributed by atoms with Crippen molar-refractivity contribution in [3.63, 3.8) is 0 Å². The van der Waals surface area contributed by atoms with Crippen LogP contribution in [0.5, 0.6) is 11.5 Å². The fourth-order valence-electron chi connectivity index (χ4n) is 3.90. The zero-order chi connectivity index (χ0) is 24.4. The van der Waals surface area contributed by atoms with Gasteiger partial charge in [0.1, 0.15) is 23.9 Å². The number of aromatic nitrogens is 2. The Morgan fingerprint density at radius 3 is 2.20 bits per heavy atom. The summed E-state index contributed by atoms with van der Waals surface area (Å²) in [5.74, 6) is 1.23. The number of hydrogen-bond donors (Lipinski definition) is 2. The third-order valence-corrected chi connectivity index (χ3v) is 5.52. The van der Waals surface area contributed by atoms with Gasteiger partial charge in [0.05, 0.1) is 16.6 Å². The number of nitrogens with zero attached hydrogens (tertiary/aromatic N) is 1. The maximum atomic E-state index is 12.6. The van der Waals surface area contributed by atoms with E-state index < -0.39 is 12.8 Å². The Labute approximate surface area is 198 Å². The second-order valence-corrected chi connectivity index (χ2v) is 7.98. The van der Waals surface area contributed by atoms with Crippen molar-refractivity contribution >= 4 is 28.1 Å². The van der Waals surface area contributed by atoms with Crippen LogP contribution in [-0.4, -0.2) is 35.2 Å². The van der Waals surface area contributed by atoms with E-state index in [2.05, 4.69) is 15.3 Å². The molecule has 178 valence electrons. The molecular formula is C26H20F3N3O3. The predicted molar refractivity (Wildman–Crippen MR) is 125 cm³/mol. The molecule has 4 aromatic rings. The molecule has 1 amide bonds. The second-order valence-electron chi connectivity index (χ2n) is 7.98. The zero-order valence-corrected chi connectivity index (χ0v) is 18.4. The van der Waals surface area contributed by atoms with E-state index in [1.165, 1.54) is 12.1 Å². The number of fused-ring (bicyclic) bond motifs is 1. The molecule has 9 heteroatoms. The molecule has 2 N–H and O–H groups in total. The summed E-state index contributed by atoms with van der Waals surface area (Å²) in [6.45, 7) is -0.766. The summed E-state index contributed by atoms with van der Waals surface area (Å²) in [7, 11) is 0. The highest BCUT2D eigenvalue weighted by atomic mass is 19.4. The molecule has 0 saturated carbocycles. The van der Waals surface area contributed by atoms with Crippen molar-refractivity contribution in [1.82, 2.24) is 15.3 Å². The number of imidazole rings is 1. The van der Waals surface area contributed by atoms with Gasteiger partial charge in [-0.25, -0.2) is 4.98 Å². The van der Waals surface area contributed by atoms with Crippen LogP contribution >= 0.6 is 0 Å². The minimum Gasteiger partial charge on any atom is -0.486 e. The van der Waals surface area contributed by atoms with Crippen molar-refractivity contribution in [2.75, 3.05) is 13.2 Å². The number of halogens is 3. The Kier molecular flexibility index (Phi) is 5.90. The van der Waals surface area contributed by atoms with Gasteiger partial charge in [-0.1, -0.05) is 36.4 Å². The fourth-order valence-corrected chi connectivity index (χ4v) is 3.90. The van der Waals surface area contributed by atoms with Gasteiger partial charge in [-0.05, 0) is 53.1 Å². The maximum absolute atomic E-state index is 12.6. The monoisotopic (exact) mass is 479 g/mol. The van der Waals surface area contributed by atoms with Crippen molar-refractivity contribution in [3.8, 4) is 11.5 Å². The molecule has 0 radical (unpaired) electrons. The zero-order valence-electron chi connectivity index (χ0n) is 18.4. The number of aromatic amines is 1. The van der Waals surface area contributed by atoms with Crippen LogP contribution < -0.4 is 14.8 Å². The maximum Gasteiger partial charge on any atom is 0.422 e. The number of rotatable bonds is 7. The Balaban J connectivity index is 1.30. The van der Waals surface area contributed by atoms with E-state index in [0.29, 0.717) is 29.3 Å². The van der Waals surface area contributed by atoms with E-state index in [4.69, 9.17) is 9.47 Å². The van der Waals surface area contributed by atoms with Gasteiger partial charge in [0.25, 0.3) is 5.91 Å². The lowest BCUT2D eigenvalue weighted by Gasteiger charge is -2.11. The van der Waals surface area contributed by atoms with Crippen molar-refractivity contribution < 1.29 is 27.4 Å². The summed E-state index contributed by atoms with van der Waals surface area (Å²) >= 11 is 0. The molecule has 0 bridgehead atoms. The largest absolute Gasteiger partial charge is 0.486 e. The van der Waals surface area contributed by atoms with Crippen LogP contribution in [0.4, 0.5) is 13.2 Å². The summed E-state index contributed by atoms with van der Waals surface area (Å²) in [5.41, 5.74) is 4.51. The highest BCUT2D eigenvalue weighted by molar-refractivity contribution is 6.30. The molecule has 5 rings (SSSR count). The molecule has 3 aromatic carbocycles. The number of amides is 1. The van der Waals surface area contributed by atoms with Crippen LogP contribution in [-0.2, 0) is 11.4 Å². The molecule has 1 aromatic heterocycles. The summed E-state index contributed by atoms with van der Waals surface area (Å²) in [6.07, 6.45) is -4.40. The number of hydrogen-bond acceptors (Lipinski definition) is 4. The molecule has 0 aliphatic carbocycles. The van der Waals surface area contributed by atoms with Gasteiger partial charge in [0.15, 0.2) is 6.61 Å². The molecule has 35 heavy (non-hydrogen) atoms. The third-order valence-electron chi connectivity index (χ3n) is 5.52. The second kappa shape index (κ2) is 9.17. The number of benzene rings is 3. The highest BCUT2D eigenvalue weighted by Crippen LogP contribution is 2.32. The first-order valence-electron chi connectivity index (χ1n) is 10.8. The van der Waals surface area contributed by atoms with Crippen LogP contribution in [0, 0.1) is 0 Å². The van der Waals surface area contributed by atoms with Crippen LogP contribution in [0.2, 0.25) is 0 Å². The molecule has 1 aliphatic heterocycles. The minimum absolute atomic E-state index is 0.108. The van der Waals surface area contributed by atoms with Gasteiger partial charge in [0, 0.05) is 6.54 Å². The van der Waals surface area contributed by atoms with Gasteiger partial charge >= 0.3 is 6.18 Å². The fraction of sp³-hybridized carbons (Fsp3) is 0.154. The Morgan fingerprint density at radius 1 is 0.857 bits per heavy atom. The van der Waals surface area contributed by atoms with Gasteiger partial charge in [-0.15, -0.1) is 0 Å². The first-order valence-corrected chi connectivity index (χ1v) is 10.8. The van der Waals surface area contributed by atoms with Crippen molar-refractivity contribution in [1.29, 1.82) is 0 Å². The number of alkyl halides is 3. The van der Waals surface area contributed by atoms with Gasteiger partial charge in [-0.3, -0.25) is 4.79 Å². The van der Waals surface area contributed by atoms with Crippen molar-refractivity contribution in [3.05, 3.63) is 89.7 Å². The first kappa shape index (κ1) is 22.5. The molecular weight excluding hydrogens is 459 g/mol. The van der Waals surface area contributed by atoms with Gasteiger partial charge in [-0.2, -0.15) is 13.2 Å². The summed E-state index contributed by atoms with van der Waals surface area (Å²) in [4.78, 5) is 20.3. The topological polar surface area (TPSA) is 76.2 Å². The smallest absolute Gasteiger partial charge is 0.422 e. The number of carbonyl (C=O) groups is 1. The molecule has 6 nitrogen and oxygen atoms in total. The highest BCUT2D eigenvalue weighted by Gasteiger charge is 2.28. The van der Waals surface area contributed by atoms with Crippen LogP contribution in [0.1, 0.15) is 17.0 Å². The summed E-state index contributed by atoms with van der Waals surface area (Å²) in [6, 6.07) is 21.1. The minimum atomic E-state index is -4.40. The number of ether oxygens (including phenoxy) is 2. The summed E-state index contributed by atoms with van der Waals surface area (Å²) in [5, 5.41) is 2.81. The van der Waals surface area contributed by atoms with Gasteiger partial charge in [0.2, 0.25) is 0 Å². The lowest BCUT2D eigenvalue weighted by atomic mass is 9.96. The number of para-hydroxylation sites is 2. The molecule has 0 spiro atoms. The van der Waals surface area contributed by atoms with Crippen molar-refractivity contribution in [2.24, 2.45) is 0 Å². The lowest BCUT2D eigenvalue weighted by Crippen LogP contribution is -2.19. The Bertz CT molecular complexity index is 1360. The number of H-pyrrole nitrogens is 1. The van der Waals surface area contributed by atoms with Crippen LogP contribution in [0.25, 0.3) is 22.2 Å². The molecule has 2 heterocycles. The van der Waals surface area contributed by atoms with Crippen molar-refractivity contribution in [2.45, 2.75) is 12.8 Å². The molecule has 1 aliphatic rings. The molecule has 0 atom stereocenters. The standard InChI is InChI=1S/C26H20F3N3O3/c27-26(28,29)15-35-19-9-5-16(6-10-19)20-13-30-25(33)24(20)17-7-11-18(12-8-17)34-14-23-31-21-3-1-2-4-22(21)32-23/h1-12H,13-15H2,(H,30,33)(H,31,32). The van der Waals surface area contributed by atoms with E-state index in [9.17, 15) is 18.0 Å². The van der Waals surface area contributed by atoms with Crippen LogP contribution in [0.3, 0.4) is 0 Å². The number of nitrogens with one attached hydrogen (secondary N) is 2. The molecule has 0 unspecified atom stereocenters. The quantitative estimate of drug-likeness (QED) is 0.386. The van der Waals surface area contributed by atoms with E-state index in [-0.39, 0.29) is 18.3 Å². The normalized spacial score (nSPS) is 13.9. The van der Waals surface area contributed by atoms with E-state index >= 15 is 0 Å². The van der Waals surface area contributed by atoms with E-state index in [1.807, 2.05) is 24.3 Å². The third kappa shape index (κ3) is 5.13. The molecule has 0 fully saturated rings. The lowest BCUT2D eigenvalue weighted by molar-refractivity contribution is -0.153. The van der Waals surface area contributed by atoms with E-state index in [1.54, 1.807) is 36.4 Å². The number of carbonyl (C=O) groups excluding carboxylic acids is 1. The summed E-state index contributed by atoms with van der Waals surface area (Å²) < 4.78 is 47.7. The average molecular weight is 479 g/mol. The SMILES string of the molecule is O=C1NCC(c2ccc(OCC(F)(F)F)cc2)=C1c1ccc(OCc2nc3ccccc3[nH]2)cc1. The van der Waals surface area contributed by atoms with Crippen LogP contribution in [0.15, 0.2) is 72.8 Å². The first-order chi connectivity index (χ1) is 16.9. The molecule has 0 saturated heterocycles.